The van der Waals surface area contributed by atoms with Gasteiger partial charge in [0.2, 0.25) is 15.9 Å². The van der Waals surface area contributed by atoms with Crippen molar-refractivity contribution in [2.45, 2.75) is 11.3 Å². The summed E-state index contributed by atoms with van der Waals surface area (Å²) in [4.78, 5) is 11.0. The first-order valence-electron chi connectivity index (χ1n) is 5.81. The van der Waals surface area contributed by atoms with Crippen molar-refractivity contribution in [3.05, 3.63) is 24.3 Å². The van der Waals surface area contributed by atoms with Gasteiger partial charge in [-0.05, 0) is 24.3 Å². The second-order valence-electron chi connectivity index (χ2n) is 4.21. The number of piperazine rings is 1. The molecule has 1 amide bonds. The monoisotopic (exact) mass is 324 g/mol. The zero-order chi connectivity index (χ0) is 15.7. The molecule has 1 saturated heterocycles. The van der Waals surface area contributed by atoms with Gasteiger partial charge in [0.05, 0.1) is 11.4 Å². The van der Waals surface area contributed by atoms with E-state index < -0.39 is 28.0 Å². The molecule has 1 aliphatic rings. The van der Waals surface area contributed by atoms with Gasteiger partial charge < -0.3 is 10.1 Å². The van der Waals surface area contributed by atoms with Gasteiger partial charge in [0.15, 0.2) is 0 Å². The van der Waals surface area contributed by atoms with Crippen LogP contribution in [0.25, 0.3) is 0 Å². The number of carbonyl (C=O) groups excluding carboxylic acids is 1. The Balaban J connectivity index is 2.19. The number of nitrogens with one attached hydrogen (secondary N) is 1. The van der Waals surface area contributed by atoms with Crippen LogP contribution in [0.4, 0.5) is 13.2 Å². The average Bonchev–Trinajstić information content (AvgIpc) is 2.37. The van der Waals surface area contributed by atoms with Crippen molar-refractivity contribution in [3.63, 3.8) is 0 Å². The van der Waals surface area contributed by atoms with Gasteiger partial charge in [-0.15, -0.1) is 13.2 Å². The second kappa shape index (κ2) is 5.53. The van der Waals surface area contributed by atoms with Crippen molar-refractivity contribution in [3.8, 4) is 5.75 Å². The molecule has 0 aromatic heterocycles. The van der Waals surface area contributed by atoms with Gasteiger partial charge in [0.25, 0.3) is 0 Å². The SMILES string of the molecule is O=C1CN(S(=O)(=O)c2ccc(OC(F)(F)F)cc2)CCN1. The summed E-state index contributed by atoms with van der Waals surface area (Å²) in [7, 11) is -3.92. The largest absolute Gasteiger partial charge is 0.573 e. The van der Waals surface area contributed by atoms with E-state index in [9.17, 15) is 26.4 Å². The first kappa shape index (κ1) is 15.6. The normalized spacial score (nSPS) is 17.4. The number of ether oxygens (including phenoxy) is 1. The summed E-state index contributed by atoms with van der Waals surface area (Å²) in [5.41, 5.74) is 0. The van der Waals surface area contributed by atoms with Crippen LogP contribution < -0.4 is 10.1 Å². The number of rotatable bonds is 3. The molecule has 2 rings (SSSR count). The maximum Gasteiger partial charge on any atom is 0.573 e. The van der Waals surface area contributed by atoms with Crippen molar-refractivity contribution in [1.29, 1.82) is 0 Å². The summed E-state index contributed by atoms with van der Waals surface area (Å²) < 4.78 is 65.1. The van der Waals surface area contributed by atoms with E-state index in [1.165, 1.54) is 0 Å². The first-order chi connectivity index (χ1) is 9.68. The van der Waals surface area contributed by atoms with Crippen molar-refractivity contribution < 1.29 is 31.1 Å². The lowest BCUT2D eigenvalue weighted by atomic mass is 10.3. The fourth-order valence-corrected chi connectivity index (χ4v) is 3.18. The third-order valence-corrected chi connectivity index (χ3v) is 4.56. The number of sulfonamides is 1. The van der Waals surface area contributed by atoms with Crippen molar-refractivity contribution in [2.75, 3.05) is 19.6 Å². The molecule has 0 aliphatic carbocycles. The highest BCUT2D eigenvalue weighted by molar-refractivity contribution is 7.89. The molecule has 1 N–H and O–H groups in total. The van der Waals surface area contributed by atoms with E-state index in [1.807, 2.05) is 0 Å². The smallest absolute Gasteiger partial charge is 0.406 e. The number of halogens is 3. The Bertz CT molecular complexity index is 628. The molecule has 0 atom stereocenters. The molecule has 6 nitrogen and oxygen atoms in total. The molecule has 1 aliphatic heterocycles. The Morgan fingerprint density at radius 1 is 1.19 bits per heavy atom. The fourth-order valence-electron chi connectivity index (χ4n) is 1.78. The lowest BCUT2D eigenvalue weighted by Gasteiger charge is -2.25. The van der Waals surface area contributed by atoms with E-state index in [1.54, 1.807) is 0 Å². The molecule has 0 unspecified atom stereocenters. The number of nitrogens with zero attached hydrogens (tertiary/aromatic N) is 1. The third kappa shape index (κ3) is 3.85. The van der Waals surface area contributed by atoms with Gasteiger partial charge in [-0.25, -0.2) is 8.42 Å². The van der Waals surface area contributed by atoms with Crippen LogP contribution >= 0.6 is 0 Å². The van der Waals surface area contributed by atoms with Gasteiger partial charge >= 0.3 is 6.36 Å². The first-order valence-corrected chi connectivity index (χ1v) is 7.25. The van der Waals surface area contributed by atoms with Gasteiger partial charge in [0, 0.05) is 13.1 Å². The van der Waals surface area contributed by atoms with E-state index in [0.29, 0.717) is 0 Å². The molecular weight excluding hydrogens is 313 g/mol. The summed E-state index contributed by atoms with van der Waals surface area (Å²) in [5, 5.41) is 2.48. The molecule has 116 valence electrons. The van der Waals surface area contributed by atoms with E-state index in [0.717, 1.165) is 28.6 Å². The highest BCUT2D eigenvalue weighted by Crippen LogP contribution is 2.25. The zero-order valence-electron chi connectivity index (χ0n) is 10.6. The molecule has 0 bridgehead atoms. The van der Waals surface area contributed by atoms with Crippen LogP contribution in [0.1, 0.15) is 0 Å². The summed E-state index contributed by atoms with van der Waals surface area (Å²) in [5.74, 6) is -0.945. The van der Waals surface area contributed by atoms with Crippen molar-refractivity contribution in [1.82, 2.24) is 9.62 Å². The van der Waals surface area contributed by atoms with Crippen LogP contribution in [0.5, 0.6) is 5.75 Å². The molecule has 0 saturated carbocycles. The number of hydrogen-bond donors (Lipinski definition) is 1. The predicted octanol–water partition coefficient (Wildman–Crippen LogP) is 0.706. The van der Waals surface area contributed by atoms with E-state index in [4.69, 9.17) is 0 Å². The highest BCUT2D eigenvalue weighted by atomic mass is 32.2. The van der Waals surface area contributed by atoms with Crippen LogP contribution in [0.3, 0.4) is 0 Å². The molecule has 10 heteroatoms. The minimum Gasteiger partial charge on any atom is -0.406 e. The Hall–Kier alpha value is -1.81. The molecule has 1 fully saturated rings. The van der Waals surface area contributed by atoms with Crippen LogP contribution in [-0.2, 0) is 14.8 Å². The Morgan fingerprint density at radius 2 is 1.81 bits per heavy atom. The molecule has 1 aromatic carbocycles. The quantitative estimate of drug-likeness (QED) is 0.888. The Labute approximate surface area is 118 Å². The maximum atomic E-state index is 12.2. The molecule has 0 spiro atoms. The highest BCUT2D eigenvalue weighted by Gasteiger charge is 2.32. The third-order valence-electron chi connectivity index (χ3n) is 2.70. The van der Waals surface area contributed by atoms with Gasteiger partial charge in [-0.1, -0.05) is 0 Å². The van der Waals surface area contributed by atoms with Gasteiger partial charge in [-0.2, -0.15) is 4.31 Å². The van der Waals surface area contributed by atoms with Crippen LogP contribution in [0, 0.1) is 0 Å². The summed E-state index contributed by atoms with van der Waals surface area (Å²) in [6.07, 6.45) is -4.84. The molecule has 21 heavy (non-hydrogen) atoms. The molecule has 0 radical (unpaired) electrons. The Kier molecular flexibility index (Phi) is 4.10. The zero-order valence-corrected chi connectivity index (χ0v) is 11.4. The molecular formula is C11H11F3N2O4S. The number of benzene rings is 1. The predicted molar refractivity (Wildman–Crippen MR) is 64.9 cm³/mol. The molecule has 1 aromatic rings. The number of amides is 1. The lowest BCUT2D eigenvalue weighted by molar-refractivity contribution is -0.274. The second-order valence-corrected chi connectivity index (χ2v) is 6.15. The van der Waals surface area contributed by atoms with Gasteiger partial charge in [-0.3, -0.25) is 4.79 Å². The number of alkyl halides is 3. The van der Waals surface area contributed by atoms with Crippen LogP contribution in [0.15, 0.2) is 29.2 Å². The number of hydrogen-bond acceptors (Lipinski definition) is 4. The topological polar surface area (TPSA) is 75.7 Å². The van der Waals surface area contributed by atoms with Gasteiger partial charge in [0.1, 0.15) is 5.75 Å². The average molecular weight is 324 g/mol. The Morgan fingerprint density at radius 3 is 2.33 bits per heavy atom. The summed E-state index contributed by atoms with van der Waals surface area (Å²) >= 11 is 0. The lowest BCUT2D eigenvalue weighted by Crippen LogP contribution is -2.49. The summed E-state index contributed by atoms with van der Waals surface area (Å²) in [6.45, 7) is -0.0225. The fraction of sp³-hybridized carbons (Fsp3) is 0.364. The van der Waals surface area contributed by atoms with Crippen LogP contribution in [0.2, 0.25) is 0 Å². The van der Waals surface area contributed by atoms with E-state index in [-0.39, 0.29) is 24.5 Å². The molecule has 1 heterocycles. The summed E-state index contributed by atoms with van der Waals surface area (Å²) in [6, 6.07) is 3.82. The maximum absolute atomic E-state index is 12.2. The minimum atomic E-state index is -4.84. The van der Waals surface area contributed by atoms with Crippen molar-refractivity contribution in [2.24, 2.45) is 0 Å². The number of carbonyl (C=O) groups is 1. The van der Waals surface area contributed by atoms with E-state index in [2.05, 4.69) is 10.1 Å². The van der Waals surface area contributed by atoms with Crippen molar-refractivity contribution >= 4 is 15.9 Å². The van der Waals surface area contributed by atoms with Crippen LogP contribution in [-0.4, -0.2) is 44.6 Å². The minimum absolute atomic E-state index is 0.106. The van der Waals surface area contributed by atoms with E-state index >= 15 is 0 Å². The standard InChI is InChI=1S/C11H11F3N2O4S/c12-11(13,14)20-8-1-3-9(4-2-8)21(18,19)16-6-5-15-10(17)7-16/h1-4H,5-7H2,(H,15,17).